The SMILES string of the molecule is O=S1Cc2cc(O)c(O)cc2O1. The number of phenols is 2. The van der Waals surface area contributed by atoms with Crippen molar-refractivity contribution in [3.63, 3.8) is 0 Å². The first-order valence-corrected chi connectivity index (χ1v) is 4.53. The van der Waals surface area contributed by atoms with Crippen molar-refractivity contribution in [1.29, 1.82) is 0 Å². The highest BCUT2D eigenvalue weighted by atomic mass is 32.2. The van der Waals surface area contributed by atoms with E-state index in [1.165, 1.54) is 12.1 Å². The molecule has 1 aromatic carbocycles. The Balaban J connectivity index is 2.55. The molecule has 12 heavy (non-hydrogen) atoms. The maximum absolute atomic E-state index is 10.8. The fourth-order valence-corrected chi connectivity index (χ4v) is 1.94. The summed E-state index contributed by atoms with van der Waals surface area (Å²) in [6.07, 6.45) is 0. The molecule has 2 rings (SSSR count). The summed E-state index contributed by atoms with van der Waals surface area (Å²) in [5.41, 5.74) is 0.656. The fraction of sp³-hybridized carbons (Fsp3) is 0.143. The normalized spacial score (nSPS) is 20.2. The monoisotopic (exact) mass is 186 g/mol. The molecule has 0 spiro atoms. The molecule has 2 N–H and O–H groups in total. The average Bonchev–Trinajstić information content (AvgIpc) is 2.30. The first kappa shape index (κ1) is 7.42. The Morgan fingerprint density at radius 2 is 2.00 bits per heavy atom. The number of phenolic OH excluding ortho intramolecular Hbond substituents is 2. The van der Waals surface area contributed by atoms with Crippen LogP contribution in [0.5, 0.6) is 17.2 Å². The third kappa shape index (κ3) is 1.02. The standard InChI is InChI=1S/C7H6O4S/c8-5-1-4-3-12(10)11-7(4)2-6(5)9/h1-2,8-9H,3H2. The highest BCUT2D eigenvalue weighted by molar-refractivity contribution is 7.80. The lowest BCUT2D eigenvalue weighted by Crippen LogP contribution is -1.90. The van der Waals surface area contributed by atoms with Gasteiger partial charge in [-0.2, -0.15) is 0 Å². The number of fused-ring (bicyclic) bond motifs is 1. The first-order valence-electron chi connectivity index (χ1n) is 3.28. The maximum Gasteiger partial charge on any atom is 0.211 e. The molecule has 1 aromatic rings. The van der Waals surface area contributed by atoms with Gasteiger partial charge in [0.1, 0.15) is 5.75 Å². The van der Waals surface area contributed by atoms with Gasteiger partial charge in [0.05, 0.1) is 5.75 Å². The van der Waals surface area contributed by atoms with Crippen molar-refractivity contribution in [2.75, 3.05) is 0 Å². The predicted molar refractivity (Wildman–Crippen MR) is 42.2 cm³/mol. The van der Waals surface area contributed by atoms with Crippen LogP contribution in [0.25, 0.3) is 0 Å². The van der Waals surface area contributed by atoms with E-state index in [2.05, 4.69) is 0 Å². The number of aromatic hydroxyl groups is 2. The van der Waals surface area contributed by atoms with Crippen LogP contribution < -0.4 is 4.18 Å². The van der Waals surface area contributed by atoms with Gasteiger partial charge in [-0.3, -0.25) is 0 Å². The molecule has 5 heteroatoms. The Labute approximate surface area is 71.1 Å². The average molecular weight is 186 g/mol. The molecule has 4 nitrogen and oxygen atoms in total. The third-order valence-electron chi connectivity index (χ3n) is 1.61. The summed E-state index contributed by atoms with van der Waals surface area (Å²) in [7, 11) is 0. The summed E-state index contributed by atoms with van der Waals surface area (Å²) < 4.78 is 15.7. The first-order chi connectivity index (χ1) is 5.66. The third-order valence-corrected chi connectivity index (χ3v) is 2.53. The smallest absolute Gasteiger partial charge is 0.211 e. The molecule has 0 amide bonds. The molecule has 0 saturated carbocycles. The van der Waals surface area contributed by atoms with Gasteiger partial charge in [0.15, 0.2) is 11.5 Å². The molecule has 1 heterocycles. The zero-order valence-electron chi connectivity index (χ0n) is 5.98. The van der Waals surface area contributed by atoms with Crippen molar-refractivity contribution in [1.82, 2.24) is 0 Å². The van der Waals surface area contributed by atoms with E-state index in [-0.39, 0.29) is 17.3 Å². The second-order valence-corrected chi connectivity index (χ2v) is 3.54. The van der Waals surface area contributed by atoms with Gasteiger partial charge in [-0.1, -0.05) is 0 Å². The summed E-state index contributed by atoms with van der Waals surface area (Å²) in [5, 5.41) is 18.1. The summed E-state index contributed by atoms with van der Waals surface area (Å²) in [6, 6.07) is 2.62. The number of hydrogen-bond acceptors (Lipinski definition) is 4. The van der Waals surface area contributed by atoms with Gasteiger partial charge in [0, 0.05) is 11.6 Å². The van der Waals surface area contributed by atoms with Crippen molar-refractivity contribution in [2.24, 2.45) is 0 Å². The van der Waals surface area contributed by atoms with E-state index in [1.54, 1.807) is 0 Å². The topological polar surface area (TPSA) is 66.8 Å². The molecule has 0 aliphatic carbocycles. The molecule has 0 radical (unpaired) electrons. The van der Waals surface area contributed by atoms with Crippen LogP contribution in [0.2, 0.25) is 0 Å². The molecule has 0 saturated heterocycles. The van der Waals surface area contributed by atoms with Crippen LogP contribution in [-0.2, 0) is 16.8 Å². The Morgan fingerprint density at radius 3 is 2.75 bits per heavy atom. The van der Waals surface area contributed by atoms with Crippen molar-refractivity contribution in [3.8, 4) is 17.2 Å². The number of hydrogen-bond donors (Lipinski definition) is 2. The minimum absolute atomic E-state index is 0.212. The van der Waals surface area contributed by atoms with Gasteiger partial charge in [0.25, 0.3) is 0 Å². The summed E-state index contributed by atoms with van der Waals surface area (Å²) in [5.74, 6) is 0.177. The lowest BCUT2D eigenvalue weighted by molar-refractivity contribution is 0.401. The van der Waals surface area contributed by atoms with E-state index in [9.17, 15) is 4.21 Å². The highest BCUT2D eigenvalue weighted by Crippen LogP contribution is 2.37. The minimum Gasteiger partial charge on any atom is -0.504 e. The van der Waals surface area contributed by atoms with Crippen LogP contribution in [0, 0.1) is 0 Å². The molecule has 0 aromatic heterocycles. The van der Waals surface area contributed by atoms with Crippen LogP contribution in [0.4, 0.5) is 0 Å². The lowest BCUT2D eigenvalue weighted by atomic mass is 10.2. The zero-order chi connectivity index (χ0) is 8.72. The van der Waals surface area contributed by atoms with Gasteiger partial charge >= 0.3 is 0 Å². The quantitative estimate of drug-likeness (QED) is 0.584. The second kappa shape index (κ2) is 2.38. The van der Waals surface area contributed by atoms with Gasteiger partial charge in [-0.15, -0.1) is 0 Å². The highest BCUT2D eigenvalue weighted by Gasteiger charge is 2.21. The van der Waals surface area contributed by atoms with E-state index in [0.29, 0.717) is 11.3 Å². The van der Waals surface area contributed by atoms with Crippen molar-refractivity contribution < 1.29 is 18.6 Å². The molecule has 1 aliphatic rings. The van der Waals surface area contributed by atoms with Crippen molar-refractivity contribution in [2.45, 2.75) is 5.75 Å². The van der Waals surface area contributed by atoms with Crippen LogP contribution >= 0.6 is 0 Å². The Bertz CT molecular complexity index is 328. The van der Waals surface area contributed by atoms with Gasteiger partial charge in [-0.05, 0) is 6.07 Å². The van der Waals surface area contributed by atoms with E-state index < -0.39 is 11.1 Å². The van der Waals surface area contributed by atoms with Crippen LogP contribution in [0.1, 0.15) is 5.56 Å². The molecular formula is C7H6O4S. The van der Waals surface area contributed by atoms with Crippen molar-refractivity contribution in [3.05, 3.63) is 17.7 Å². The van der Waals surface area contributed by atoms with E-state index in [0.717, 1.165) is 0 Å². The Kier molecular flexibility index (Phi) is 1.47. The number of rotatable bonds is 0. The van der Waals surface area contributed by atoms with E-state index in [1.807, 2.05) is 0 Å². The molecule has 1 unspecified atom stereocenters. The lowest BCUT2D eigenvalue weighted by Gasteiger charge is -1.99. The van der Waals surface area contributed by atoms with Crippen LogP contribution in [-0.4, -0.2) is 14.4 Å². The molecule has 1 aliphatic heterocycles. The summed E-state index contributed by atoms with van der Waals surface area (Å²) >= 11 is -1.36. The van der Waals surface area contributed by atoms with Gasteiger partial charge in [0.2, 0.25) is 11.1 Å². The molecular weight excluding hydrogens is 180 g/mol. The van der Waals surface area contributed by atoms with Crippen molar-refractivity contribution >= 4 is 11.1 Å². The maximum atomic E-state index is 10.8. The van der Waals surface area contributed by atoms with E-state index >= 15 is 0 Å². The predicted octanol–water partition coefficient (Wildman–Crippen LogP) is 0.654. The van der Waals surface area contributed by atoms with Gasteiger partial charge < -0.3 is 14.4 Å². The second-order valence-electron chi connectivity index (χ2n) is 2.48. The van der Waals surface area contributed by atoms with E-state index in [4.69, 9.17) is 14.4 Å². The molecule has 1 atom stereocenters. The van der Waals surface area contributed by atoms with Gasteiger partial charge in [-0.25, -0.2) is 4.21 Å². The molecule has 64 valence electrons. The largest absolute Gasteiger partial charge is 0.504 e. The Hall–Kier alpha value is -1.23. The van der Waals surface area contributed by atoms with Crippen LogP contribution in [0.15, 0.2) is 12.1 Å². The summed E-state index contributed by atoms with van der Waals surface area (Å²) in [4.78, 5) is 0. The Morgan fingerprint density at radius 1 is 1.33 bits per heavy atom. The summed E-state index contributed by atoms with van der Waals surface area (Å²) in [6.45, 7) is 0. The molecule has 0 bridgehead atoms. The number of benzene rings is 1. The van der Waals surface area contributed by atoms with Crippen LogP contribution in [0.3, 0.4) is 0 Å². The fourth-order valence-electron chi connectivity index (χ4n) is 1.05. The zero-order valence-corrected chi connectivity index (χ0v) is 6.80. The molecule has 0 fully saturated rings. The minimum atomic E-state index is -1.36.